The maximum Gasteiger partial charge on any atom is 0.278 e. The molecular formula is C15H14Cl2N2O2S. The summed E-state index contributed by atoms with van der Waals surface area (Å²) in [6, 6.07) is 13.3. The van der Waals surface area contributed by atoms with Gasteiger partial charge in [-0.2, -0.15) is 12.8 Å². The molecule has 0 fully saturated rings. The van der Waals surface area contributed by atoms with Gasteiger partial charge in [-0.1, -0.05) is 59.1 Å². The highest BCUT2D eigenvalue weighted by Gasteiger charge is 2.20. The van der Waals surface area contributed by atoms with Gasteiger partial charge in [0.2, 0.25) is 0 Å². The lowest BCUT2D eigenvalue weighted by atomic mass is 10.2. The Balaban J connectivity index is 2.35. The third-order valence-corrected chi connectivity index (χ3v) is 5.25. The predicted octanol–water partition coefficient (Wildman–Crippen LogP) is 3.87. The maximum absolute atomic E-state index is 12.4. The highest BCUT2D eigenvalue weighted by atomic mass is 35.5. The van der Waals surface area contributed by atoms with E-state index >= 15 is 0 Å². The average molecular weight is 357 g/mol. The van der Waals surface area contributed by atoms with Gasteiger partial charge >= 0.3 is 0 Å². The molecule has 0 aromatic heterocycles. The molecule has 0 unspecified atom stereocenters. The fourth-order valence-electron chi connectivity index (χ4n) is 1.72. The Labute approximate surface area is 140 Å². The molecule has 0 saturated carbocycles. The summed E-state index contributed by atoms with van der Waals surface area (Å²) in [6.07, 6.45) is 0. The highest BCUT2D eigenvalue weighted by molar-refractivity contribution is 7.89. The number of sulfonamides is 1. The number of hydrogen-bond donors (Lipinski definition) is 0. The highest BCUT2D eigenvalue weighted by Crippen LogP contribution is 2.20. The van der Waals surface area contributed by atoms with Crippen LogP contribution in [0, 0.1) is 6.92 Å². The fraction of sp³-hybridized carbons (Fsp3) is 0.133. The minimum Gasteiger partial charge on any atom is -0.200 e. The molecule has 0 saturated heterocycles. The van der Waals surface area contributed by atoms with Crippen molar-refractivity contribution in [2.45, 2.75) is 11.8 Å². The molecule has 0 amide bonds. The van der Waals surface area contributed by atoms with E-state index in [-0.39, 0.29) is 10.1 Å². The lowest BCUT2D eigenvalue weighted by Gasteiger charge is -2.15. The second-order valence-corrected chi connectivity index (χ2v) is 7.34. The van der Waals surface area contributed by atoms with Crippen LogP contribution in [0.5, 0.6) is 0 Å². The van der Waals surface area contributed by atoms with E-state index in [9.17, 15) is 8.42 Å². The fourth-order valence-corrected chi connectivity index (χ4v) is 3.29. The van der Waals surface area contributed by atoms with Crippen LogP contribution in [0.4, 0.5) is 0 Å². The number of hydrazone groups is 1. The Hall–Kier alpha value is -1.56. The number of benzene rings is 2. The first-order valence-corrected chi connectivity index (χ1v) is 8.56. The van der Waals surface area contributed by atoms with Crippen molar-refractivity contribution in [3.63, 3.8) is 0 Å². The van der Waals surface area contributed by atoms with E-state index in [1.165, 1.54) is 19.2 Å². The van der Waals surface area contributed by atoms with Crippen molar-refractivity contribution in [2.24, 2.45) is 5.10 Å². The van der Waals surface area contributed by atoms with Crippen LogP contribution in [0.2, 0.25) is 5.02 Å². The summed E-state index contributed by atoms with van der Waals surface area (Å²) in [5.74, 6) is 0. The van der Waals surface area contributed by atoms with Gasteiger partial charge in [-0.15, -0.1) is 5.10 Å². The van der Waals surface area contributed by atoms with E-state index in [2.05, 4.69) is 5.10 Å². The van der Waals surface area contributed by atoms with Crippen molar-refractivity contribution in [1.29, 1.82) is 0 Å². The smallest absolute Gasteiger partial charge is 0.200 e. The van der Waals surface area contributed by atoms with Crippen molar-refractivity contribution in [2.75, 3.05) is 7.05 Å². The summed E-state index contributed by atoms with van der Waals surface area (Å²) in [6.45, 7) is 1.88. The van der Waals surface area contributed by atoms with Gasteiger partial charge in [0.1, 0.15) is 0 Å². The molecule has 2 rings (SSSR count). The summed E-state index contributed by atoms with van der Waals surface area (Å²) < 4.78 is 25.7. The number of hydrogen-bond acceptors (Lipinski definition) is 3. The monoisotopic (exact) mass is 356 g/mol. The van der Waals surface area contributed by atoms with E-state index in [1.54, 1.807) is 36.4 Å². The van der Waals surface area contributed by atoms with Crippen molar-refractivity contribution in [3.05, 3.63) is 64.7 Å². The molecule has 0 aliphatic rings. The number of halogens is 2. The summed E-state index contributed by atoms with van der Waals surface area (Å²) in [7, 11) is -2.43. The Morgan fingerprint density at radius 1 is 1.09 bits per heavy atom. The van der Waals surface area contributed by atoms with Gasteiger partial charge in [0.25, 0.3) is 10.0 Å². The topological polar surface area (TPSA) is 49.7 Å². The van der Waals surface area contributed by atoms with Gasteiger partial charge in [0.15, 0.2) is 5.17 Å². The first-order chi connectivity index (χ1) is 10.3. The summed E-state index contributed by atoms with van der Waals surface area (Å²) in [4.78, 5) is 0.146. The van der Waals surface area contributed by atoms with E-state index in [4.69, 9.17) is 23.2 Å². The Kier molecular flexibility index (Phi) is 5.11. The van der Waals surface area contributed by atoms with Crippen molar-refractivity contribution in [1.82, 2.24) is 4.41 Å². The molecule has 2 aromatic carbocycles. The number of aryl methyl sites for hydroxylation is 1. The van der Waals surface area contributed by atoms with Gasteiger partial charge in [-0.25, -0.2) is 0 Å². The first kappa shape index (κ1) is 16.8. The Morgan fingerprint density at radius 3 is 2.27 bits per heavy atom. The van der Waals surface area contributed by atoms with Gasteiger partial charge in [-0.05, 0) is 25.1 Å². The van der Waals surface area contributed by atoms with Crippen LogP contribution < -0.4 is 0 Å². The standard InChI is InChI=1S/C15H14Cl2N2O2S/c1-11-7-9-12(10-8-11)22(20,21)19(2)18-15(17)13-5-3-4-6-14(13)16/h3-10H,1-2H3. The molecule has 0 aliphatic carbocycles. The van der Waals surface area contributed by atoms with Crippen LogP contribution in [-0.4, -0.2) is 25.1 Å². The van der Waals surface area contributed by atoms with E-state index < -0.39 is 10.0 Å². The normalized spacial score (nSPS) is 12.3. The van der Waals surface area contributed by atoms with Crippen molar-refractivity contribution in [3.8, 4) is 0 Å². The zero-order chi connectivity index (χ0) is 16.3. The number of rotatable bonds is 4. The lowest BCUT2D eigenvalue weighted by molar-refractivity contribution is 0.490. The van der Waals surface area contributed by atoms with E-state index in [0.29, 0.717) is 10.6 Å². The third-order valence-electron chi connectivity index (χ3n) is 2.99. The summed E-state index contributed by atoms with van der Waals surface area (Å²) in [5.41, 5.74) is 1.44. The SMILES string of the molecule is Cc1ccc(S(=O)(=O)N(C)N=C(Cl)c2ccccc2Cl)cc1. The molecule has 0 bridgehead atoms. The molecule has 22 heavy (non-hydrogen) atoms. The molecule has 4 nitrogen and oxygen atoms in total. The summed E-state index contributed by atoms with van der Waals surface area (Å²) >= 11 is 12.1. The average Bonchev–Trinajstić information content (AvgIpc) is 2.48. The van der Waals surface area contributed by atoms with Crippen LogP contribution in [0.1, 0.15) is 11.1 Å². The zero-order valence-electron chi connectivity index (χ0n) is 12.0. The Morgan fingerprint density at radius 2 is 1.68 bits per heavy atom. The maximum atomic E-state index is 12.4. The minimum absolute atomic E-state index is 0.00351. The third kappa shape index (κ3) is 3.61. The second kappa shape index (κ2) is 6.69. The predicted molar refractivity (Wildman–Crippen MR) is 90.0 cm³/mol. The van der Waals surface area contributed by atoms with Crippen LogP contribution in [0.15, 0.2) is 58.5 Å². The largest absolute Gasteiger partial charge is 0.278 e. The molecule has 7 heteroatoms. The molecule has 0 radical (unpaired) electrons. The van der Waals surface area contributed by atoms with Crippen LogP contribution in [0.25, 0.3) is 0 Å². The molecule has 0 spiro atoms. The Bertz CT molecular complexity index is 803. The lowest BCUT2D eigenvalue weighted by Crippen LogP contribution is -2.23. The molecule has 0 atom stereocenters. The zero-order valence-corrected chi connectivity index (χ0v) is 14.3. The van der Waals surface area contributed by atoms with Crippen LogP contribution >= 0.6 is 23.2 Å². The van der Waals surface area contributed by atoms with Gasteiger partial charge in [0, 0.05) is 12.6 Å². The summed E-state index contributed by atoms with van der Waals surface area (Å²) in [5, 5.41) is 4.33. The van der Waals surface area contributed by atoms with Crippen molar-refractivity contribution >= 4 is 38.4 Å². The van der Waals surface area contributed by atoms with Crippen LogP contribution in [0.3, 0.4) is 0 Å². The van der Waals surface area contributed by atoms with E-state index in [0.717, 1.165) is 9.98 Å². The molecule has 2 aromatic rings. The second-order valence-electron chi connectivity index (χ2n) is 4.62. The molecule has 0 N–H and O–H groups in total. The molecule has 116 valence electrons. The molecule has 0 aliphatic heterocycles. The first-order valence-electron chi connectivity index (χ1n) is 6.37. The minimum atomic E-state index is -3.75. The van der Waals surface area contributed by atoms with Gasteiger partial charge in [0.05, 0.1) is 9.92 Å². The van der Waals surface area contributed by atoms with E-state index in [1.807, 2.05) is 6.92 Å². The quantitative estimate of drug-likeness (QED) is 0.616. The molecule has 0 heterocycles. The molecular weight excluding hydrogens is 343 g/mol. The van der Waals surface area contributed by atoms with Gasteiger partial charge in [-0.3, -0.25) is 0 Å². The van der Waals surface area contributed by atoms with Crippen LogP contribution in [-0.2, 0) is 10.0 Å². The number of nitrogens with zero attached hydrogens (tertiary/aromatic N) is 2. The van der Waals surface area contributed by atoms with Crippen molar-refractivity contribution < 1.29 is 8.42 Å². The van der Waals surface area contributed by atoms with Gasteiger partial charge < -0.3 is 0 Å².